The van der Waals surface area contributed by atoms with Gasteiger partial charge in [0.05, 0.1) is 16.2 Å². The minimum atomic E-state index is -0.319. The van der Waals surface area contributed by atoms with E-state index in [2.05, 4.69) is 15.3 Å². The minimum absolute atomic E-state index is 0.0997. The van der Waals surface area contributed by atoms with Gasteiger partial charge in [0.15, 0.2) is 11.6 Å². The van der Waals surface area contributed by atoms with Gasteiger partial charge in [-0.2, -0.15) is 0 Å². The second-order valence-electron chi connectivity index (χ2n) is 6.70. The lowest BCUT2D eigenvalue weighted by Gasteiger charge is -2.15. The molecule has 2 heterocycles. The SMILES string of the molecule is OCCCn1ccc2ncnc(Nc3cccc(Cl)c3OCc3cccc(F)c3)c21. The predicted octanol–water partition coefficient (Wildman–Crippen LogP) is 4.93. The summed E-state index contributed by atoms with van der Waals surface area (Å²) in [5, 5.41) is 12.9. The van der Waals surface area contributed by atoms with E-state index in [0.29, 0.717) is 40.8 Å². The maximum absolute atomic E-state index is 13.5. The maximum atomic E-state index is 13.5. The number of aliphatic hydroxyl groups excluding tert-OH is 1. The van der Waals surface area contributed by atoms with Crippen LogP contribution in [-0.2, 0) is 13.2 Å². The van der Waals surface area contributed by atoms with Crippen molar-refractivity contribution in [1.29, 1.82) is 0 Å². The van der Waals surface area contributed by atoms with Gasteiger partial charge in [-0.15, -0.1) is 0 Å². The van der Waals surface area contributed by atoms with Crippen LogP contribution in [0.25, 0.3) is 11.0 Å². The van der Waals surface area contributed by atoms with E-state index in [1.807, 2.05) is 29.0 Å². The van der Waals surface area contributed by atoms with E-state index in [1.165, 1.54) is 18.5 Å². The van der Waals surface area contributed by atoms with Gasteiger partial charge in [-0.3, -0.25) is 0 Å². The van der Waals surface area contributed by atoms with Gasteiger partial charge in [-0.1, -0.05) is 29.8 Å². The highest BCUT2D eigenvalue weighted by Gasteiger charge is 2.14. The molecule has 0 saturated carbocycles. The van der Waals surface area contributed by atoms with Crippen LogP contribution in [0.1, 0.15) is 12.0 Å². The summed E-state index contributed by atoms with van der Waals surface area (Å²) >= 11 is 6.39. The summed E-state index contributed by atoms with van der Waals surface area (Å²) in [7, 11) is 0. The fourth-order valence-electron chi connectivity index (χ4n) is 3.22. The zero-order valence-corrected chi connectivity index (χ0v) is 16.8. The first-order valence-corrected chi connectivity index (χ1v) is 9.87. The Bertz CT molecular complexity index is 1170. The van der Waals surface area contributed by atoms with Crippen LogP contribution in [-0.4, -0.2) is 26.2 Å². The first-order valence-electron chi connectivity index (χ1n) is 9.49. The van der Waals surface area contributed by atoms with Crippen molar-refractivity contribution in [2.24, 2.45) is 0 Å². The van der Waals surface area contributed by atoms with Crippen LogP contribution in [0.3, 0.4) is 0 Å². The lowest BCUT2D eigenvalue weighted by molar-refractivity contribution is 0.280. The molecule has 0 atom stereocenters. The summed E-state index contributed by atoms with van der Waals surface area (Å²) < 4.78 is 21.4. The highest BCUT2D eigenvalue weighted by atomic mass is 35.5. The number of nitrogens with zero attached hydrogens (tertiary/aromatic N) is 3. The molecule has 0 unspecified atom stereocenters. The Balaban J connectivity index is 1.64. The number of benzene rings is 2. The maximum Gasteiger partial charge on any atom is 0.161 e. The van der Waals surface area contributed by atoms with Crippen LogP contribution in [0.4, 0.5) is 15.9 Å². The summed E-state index contributed by atoms with van der Waals surface area (Å²) in [6.45, 7) is 0.908. The van der Waals surface area contributed by atoms with Gasteiger partial charge >= 0.3 is 0 Å². The van der Waals surface area contributed by atoms with Gasteiger partial charge in [-0.25, -0.2) is 14.4 Å². The lowest BCUT2D eigenvalue weighted by atomic mass is 10.2. The number of rotatable bonds is 8. The Morgan fingerprint density at radius 1 is 1.13 bits per heavy atom. The Morgan fingerprint density at radius 3 is 2.83 bits per heavy atom. The molecule has 0 fully saturated rings. The molecule has 4 rings (SSSR count). The van der Waals surface area contributed by atoms with Crippen LogP contribution in [0.5, 0.6) is 5.75 Å². The number of fused-ring (bicyclic) bond motifs is 1. The number of aliphatic hydroxyl groups is 1. The highest BCUT2D eigenvalue weighted by Crippen LogP contribution is 2.36. The highest BCUT2D eigenvalue weighted by molar-refractivity contribution is 6.32. The second-order valence-corrected chi connectivity index (χ2v) is 7.11. The minimum Gasteiger partial charge on any atom is -0.485 e. The molecule has 0 radical (unpaired) electrons. The van der Waals surface area contributed by atoms with Gasteiger partial charge in [0, 0.05) is 19.3 Å². The largest absolute Gasteiger partial charge is 0.485 e. The summed E-state index contributed by atoms with van der Waals surface area (Å²) in [4.78, 5) is 8.70. The molecule has 30 heavy (non-hydrogen) atoms. The Kier molecular flexibility index (Phi) is 6.11. The molecule has 2 aromatic heterocycles. The summed E-state index contributed by atoms with van der Waals surface area (Å²) in [6, 6.07) is 13.5. The topological polar surface area (TPSA) is 72.2 Å². The third-order valence-corrected chi connectivity index (χ3v) is 4.90. The monoisotopic (exact) mass is 426 g/mol. The number of aromatic nitrogens is 3. The van der Waals surface area contributed by atoms with Gasteiger partial charge in [0.1, 0.15) is 24.3 Å². The van der Waals surface area contributed by atoms with Gasteiger partial charge in [0.25, 0.3) is 0 Å². The fourth-order valence-corrected chi connectivity index (χ4v) is 3.44. The molecule has 0 aliphatic rings. The van der Waals surface area contributed by atoms with Crippen molar-refractivity contribution in [3.63, 3.8) is 0 Å². The Morgan fingerprint density at radius 2 is 2.00 bits per heavy atom. The van der Waals surface area contributed by atoms with Crippen molar-refractivity contribution in [2.75, 3.05) is 11.9 Å². The molecule has 2 N–H and O–H groups in total. The number of para-hydroxylation sites is 1. The third kappa shape index (κ3) is 4.37. The van der Waals surface area contributed by atoms with E-state index in [9.17, 15) is 4.39 Å². The van der Waals surface area contributed by atoms with Crippen molar-refractivity contribution in [1.82, 2.24) is 14.5 Å². The van der Waals surface area contributed by atoms with Crippen LogP contribution >= 0.6 is 11.6 Å². The Labute approximate surface area is 177 Å². The zero-order valence-electron chi connectivity index (χ0n) is 16.1. The number of halogens is 2. The normalized spacial score (nSPS) is 11.0. The molecule has 0 bridgehead atoms. The average Bonchev–Trinajstić information content (AvgIpc) is 3.16. The molecule has 0 aliphatic heterocycles. The van der Waals surface area contributed by atoms with Crippen molar-refractivity contribution >= 4 is 34.1 Å². The van der Waals surface area contributed by atoms with E-state index < -0.39 is 0 Å². The number of ether oxygens (including phenoxy) is 1. The molecule has 0 saturated heterocycles. The molecule has 0 aliphatic carbocycles. The summed E-state index contributed by atoms with van der Waals surface area (Å²) in [5.74, 6) is 0.727. The van der Waals surface area contributed by atoms with E-state index in [1.54, 1.807) is 18.2 Å². The van der Waals surface area contributed by atoms with Crippen LogP contribution in [0.2, 0.25) is 5.02 Å². The standard InChI is InChI=1S/C22H20ClFN4O2/c23-17-6-2-7-19(21(17)30-13-15-4-1-5-16(24)12-15)27-22-20-18(25-14-26-22)8-10-28(20)9-3-11-29/h1-2,4-8,10,12,14,29H,3,9,11,13H2,(H,25,26,27). The first kappa shape index (κ1) is 20.1. The van der Waals surface area contributed by atoms with Crippen molar-refractivity contribution in [2.45, 2.75) is 19.6 Å². The van der Waals surface area contributed by atoms with Crippen LogP contribution in [0.15, 0.2) is 61.1 Å². The van der Waals surface area contributed by atoms with Crippen molar-refractivity contribution in [3.8, 4) is 5.75 Å². The average molecular weight is 427 g/mol. The van der Waals surface area contributed by atoms with Crippen LogP contribution < -0.4 is 10.1 Å². The molecule has 8 heteroatoms. The number of anilines is 2. The van der Waals surface area contributed by atoms with Crippen molar-refractivity contribution < 1.29 is 14.2 Å². The number of aryl methyl sites for hydroxylation is 1. The number of hydrogen-bond acceptors (Lipinski definition) is 5. The van der Waals surface area contributed by atoms with Gasteiger partial charge in [0.2, 0.25) is 0 Å². The lowest BCUT2D eigenvalue weighted by Crippen LogP contribution is -2.05. The van der Waals surface area contributed by atoms with Gasteiger partial charge < -0.3 is 19.7 Å². The van der Waals surface area contributed by atoms with E-state index in [-0.39, 0.29) is 19.0 Å². The third-order valence-electron chi connectivity index (χ3n) is 4.60. The molecule has 0 amide bonds. The molecular weight excluding hydrogens is 407 g/mol. The Hall–Kier alpha value is -3.16. The molecule has 2 aromatic carbocycles. The summed E-state index contributed by atoms with van der Waals surface area (Å²) in [6.07, 6.45) is 4.02. The molecule has 6 nitrogen and oxygen atoms in total. The van der Waals surface area contributed by atoms with E-state index in [4.69, 9.17) is 21.4 Å². The van der Waals surface area contributed by atoms with Crippen LogP contribution in [0, 0.1) is 5.82 Å². The molecular formula is C22H20ClFN4O2. The zero-order chi connectivity index (χ0) is 20.9. The van der Waals surface area contributed by atoms with Crippen molar-refractivity contribution in [3.05, 3.63) is 77.5 Å². The van der Waals surface area contributed by atoms with Gasteiger partial charge in [-0.05, 0) is 42.3 Å². The molecule has 4 aromatic rings. The second kappa shape index (κ2) is 9.11. The molecule has 0 spiro atoms. The van der Waals surface area contributed by atoms with E-state index in [0.717, 1.165) is 11.0 Å². The first-order chi connectivity index (χ1) is 14.7. The quantitative estimate of drug-likeness (QED) is 0.418. The predicted molar refractivity (Wildman–Crippen MR) is 115 cm³/mol. The van der Waals surface area contributed by atoms with E-state index >= 15 is 0 Å². The summed E-state index contributed by atoms with van der Waals surface area (Å²) in [5.41, 5.74) is 2.94. The number of nitrogens with one attached hydrogen (secondary N) is 1. The number of hydrogen-bond donors (Lipinski definition) is 2. The fraction of sp³-hybridized carbons (Fsp3) is 0.182. The smallest absolute Gasteiger partial charge is 0.161 e. The molecule has 154 valence electrons.